The SMILES string of the molecule is CC1CCNC2(CCOC2)S1. The van der Waals surface area contributed by atoms with E-state index in [1.165, 1.54) is 12.8 Å². The molecule has 2 nitrogen and oxygen atoms in total. The molecule has 0 saturated carbocycles. The average molecular weight is 173 g/mol. The summed E-state index contributed by atoms with van der Waals surface area (Å²) in [6.45, 7) is 5.32. The van der Waals surface area contributed by atoms with Crippen LogP contribution in [-0.4, -0.2) is 29.9 Å². The van der Waals surface area contributed by atoms with Gasteiger partial charge in [-0.1, -0.05) is 6.92 Å². The summed E-state index contributed by atoms with van der Waals surface area (Å²) in [6.07, 6.45) is 2.48. The van der Waals surface area contributed by atoms with Crippen molar-refractivity contribution in [2.75, 3.05) is 19.8 Å². The molecule has 2 atom stereocenters. The van der Waals surface area contributed by atoms with E-state index in [9.17, 15) is 0 Å². The van der Waals surface area contributed by atoms with Gasteiger partial charge in [-0.15, -0.1) is 11.8 Å². The zero-order valence-electron chi connectivity index (χ0n) is 6.93. The molecule has 2 rings (SSSR count). The van der Waals surface area contributed by atoms with Gasteiger partial charge in [-0.3, -0.25) is 0 Å². The average Bonchev–Trinajstić information content (AvgIpc) is 2.37. The molecule has 0 bridgehead atoms. The third-order valence-electron chi connectivity index (χ3n) is 2.41. The van der Waals surface area contributed by atoms with Gasteiger partial charge >= 0.3 is 0 Å². The van der Waals surface area contributed by atoms with Crippen molar-refractivity contribution >= 4 is 11.8 Å². The molecule has 2 aliphatic rings. The van der Waals surface area contributed by atoms with Crippen LogP contribution in [0, 0.1) is 0 Å². The fraction of sp³-hybridized carbons (Fsp3) is 1.00. The lowest BCUT2D eigenvalue weighted by molar-refractivity contribution is 0.184. The van der Waals surface area contributed by atoms with E-state index in [1.807, 2.05) is 0 Å². The number of nitrogens with one attached hydrogen (secondary N) is 1. The van der Waals surface area contributed by atoms with E-state index < -0.39 is 0 Å². The zero-order chi connectivity index (χ0) is 7.73. The summed E-state index contributed by atoms with van der Waals surface area (Å²) in [7, 11) is 0. The minimum atomic E-state index is 0.289. The van der Waals surface area contributed by atoms with Gasteiger partial charge in [0, 0.05) is 18.3 Å². The molecule has 0 aromatic rings. The number of ether oxygens (including phenoxy) is 1. The van der Waals surface area contributed by atoms with Crippen molar-refractivity contribution in [1.82, 2.24) is 5.32 Å². The highest BCUT2D eigenvalue weighted by molar-refractivity contribution is 8.01. The number of hydrogen-bond donors (Lipinski definition) is 1. The van der Waals surface area contributed by atoms with Gasteiger partial charge in [-0.25, -0.2) is 0 Å². The van der Waals surface area contributed by atoms with Crippen molar-refractivity contribution in [1.29, 1.82) is 0 Å². The number of hydrogen-bond acceptors (Lipinski definition) is 3. The predicted molar refractivity (Wildman–Crippen MR) is 47.8 cm³/mol. The van der Waals surface area contributed by atoms with Crippen LogP contribution in [0.1, 0.15) is 19.8 Å². The van der Waals surface area contributed by atoms with Crippen LogP contribution >= 0.6 is 11.8 Å². The van der Waals surface area contributed by atoms with E-state index in [2.05, 4.69) is 24.0 Å². The molecule has 1 spiro atoms. The first-order valence-corrected chi connectivity index (χ1v) is 5.19. The van der Waals surface area contributed by atoms with E-state index in [0.29, 0.717) is 0 Å². The zero-order valence-corrected chi connectivity index (χ0v) is 7.75. The molecule has 3 heteroatoms. The van der Waals surface area contributed by atoms with Crippen LogP contribution in [0.4, 0.5) is 0 Å². The lowest BCUT2D eigenvalue weighted by Gasteiger charge is -2.36. The Labute approximate surface area is 72.1 Å². The van der Waals surface area contributed by atoms with Crippen molar-refractivity contribution in [2.45, 2.75) is 29.9 Å². The summed E-state index contributed by atoms with van der Waals surface area (Å²) in [4.78, 5) is 0.289. The van der Waals surface area contributed by atoms with E-state index in [-0.39, 0.29) is 4.87 Å². The van der Waals surface area contributed by atoms with Crippen LogP contribution < -0.4 is 5.32 Å². The fourth-order valence-electron chi connectivity index (χ4n) is 1.77. The smallest absolute Gasteiger partial charge is 0.0906 e. The van der Waals surface area contributed by atoms with Gasteiger partial charge in [0.15, 0.2) is 0 Å². The van der Waals surface area contributed by atoms with Crippen LogP contribution in [0.25, 0.3) is 0 Å². The second-order valence-electron chi connectivity index (χ2n) is 3.44. The van der Waals surface area contributed by atoms with Crippen LogP contribution in [0.3, 0.4) is 0 Å². The highest BCUT2D eigenvalue weighted by Gasteiger charge is 2.38. The lowest BCUT2D eigenvalue weighted by atomic mass is 10.2. The summed E-state index contributed by atoms with van der Waals surface area (Å²) >= 11 is 2.06. The lowest BCUT2D eigenvalue weighted by Crippen LogP contribution is -2.48. The maximum atomic E-state index is 5.40. The molecule has 11 heavy (non-hydrogen) atoms. The Bertz CT molecular complexity index is 145. The van der Waals surface area contributed by atoms with Crippen LogP contribution in [0.2, 0.25) is 0 Å². The highest BCUT2D eigenvalue weighted by Crippen LogP contribution is 2.37. The molecular weight excluding hydrogens is 158 g/mol. The van der Waals surface area contributed by atoms with Gasteiger partial charge in [0.1, 0.15) is 0 Å². The first-order chi connectivity index (χ1) is 5.31. The normalized spacial score (nSPS) is 45.0. The van der Waals surface area contributed by atoms with E-state index in [4.69, 9.17) is 4.74 Å². The molecule has 0 aromatic heterocycles. The Morgan fingerprint density at radius 1 is 1.64 bits per heavy atom. The van der Waals surface area contributed by atoms with Gasteiger partial charge < -0.3 is 10.1 Å². The highest BCUT2D eigenvalue weighted by atomic mass is 32.2. The van der Waals surface area contributed by atoms with Gasteiger partial charge in [0.2, 0.25) is 0 Å². The van der Waals surface area contributed by atoms with Crippen molar-refractivity contribution in [3.05, 3.63) is 0 Å². The van der Waals surface area contributed by atoms with Crippen LogP contribution in [-0.2, 0) is 4.74 Å². The molecule has 0 aromatic carbocycles. The minimum absolute atomic E-state index is 0.289. The van der Waals surface area contributed by atoms with E-state index in [0.717, 1.165) is 25.0 Å². The van der Waals surface area contributed by atoms with Gasteiger partial charge in [0.05, 0.1) is 11.5 Å². The second-order valence-corrected chi connectivity index (χ2v) is 5.26. The Morgan fingerprint density at radius 2 is 2.55 bits per heavy atom. The summed E-state index contributed by atoms with van der Waals surface area (Å²) in [5.74, 6) is 0. The molecule has 2 aliphatic heterocycles. The fourth-order valence-corrected chi connectivity index (χ4v) is 3.31. The second kappa shape index (κ2) is 2.96. The van der Waals surface area contributed by atoms with E-state index >= 15 is 0 Å². The maximum Gasteiger partial charge on any atom is 0.0906 e. The Morgan fingerprint density at radius 3 is 3.18 bits per heavy atom. The van der Waals surface area contributed by atoms with Crippen molar-refractivity contribution in [3.63, 3.8) is 0 Å². The Balaban J connectivity index is 2.00. The monoisotopic (exact) mass is 173 g/mol. The van der Waals surface area contributed by atoms with Crippen molar-refractivity contribution in [2.24, 2.45) is 0 Å². The molecule has 2 fully saturated rings. The van der Waals surface area contributed by atoms with Gasteiger partial charge in [-0.05, 0) is 13.0 Å². The molecule has 2 unspecified atom stereocenters. The molecule has 2 heterocycles. The van der Waals surface area contributed by atoms with Crippen LogP contribution in [0.15, 0.2) is 0 Å². The summed E-state index contributed by atoms with van der Waals surface area (Å²) in [5.41, 5.74) is 0. The first kappa shape index (κ1) is 7.90. The van der Waals surface area contributed by atoms with Gasteiger partial charge in [-0.2, -0.15) is 0 Å². The third-order valence-corrected chi connectivity index (χ3v) is 3.97. The molecule has 1 N–H and O–H groups in total. The first-order valence-electron chi connectivity index (χ1n) is 4.31. The topological polar surface area (TPSA) is 21.3 Å². The Hall–Kier alpha value is 0.270. The summed E-state index contributed by atoms with van der Waals surface area (Å²) in [6, 6.07) is 0. The molecule has 64 valence electrons. The largest absolute Gasteiger partial charge is 0.379 e. The quantitative estimate of drug-likeness (QED) is 0.595. The summed E-state index contributed by atoms with van der Waals surface area (Å²) in [5, 5.41) is 4.37. The van der Waals surface area contributed by atoms with Crippen molar-refractivity contribution < 1.29 is 4.74 Å². The van der Waals surface area contributed by atoms with Crippen molar-refractivity contribution in [3.8, 4) is 0 Å². The molecule has 0 aliphatic carbocycles. The third kappa shape index (κ3) is 1.55. The van der Waals surface area contributed by atoms with Crippen LogP contribution in [0.5, 0.6) is 0 Å². The molecular formula is C8H15NOS. The number of rotatable bonds is 0. The standard InChI is InChI=1S/C8H15NOS/c1-7-2-4-9-8(11-7)3-5-10-6-8/h7,9H,2-6H2,1H3. The Kier molecular flexibility index (Phi) is 2.12. The minimum Gasteiger partial charge on any atom is -0.379 e. The summed E-state index contributed by atoms with van der Waals surface area (Å²) < 4.78 is 5.40. The maximum absolute atomic E-state index is 5.40. The van der Waals surface area contributed by atoms with Gasteiger partial charge in [0.25, 0.3) is 0 Å². The molecule has 0 radical (unpaired) electrons. The molecule has 2 saturated heterocycles. The predicted octanol–water partition coefficient (Wildman–Crippen LogP) is 1.22. The van der Waals surface area contributed by atoms with E-state index in [1.54, 1.807) is 0 Å². The molecule has 0 amide bonds. The number of thioether (sulfide) groups is 1.